The van der Waals surface area contributed by atoms with E-state index in [4.69, 9.17) is 9.84 Å². The van der Waals surface area contributed by atoms with Gasteiger partial charge in [-0.15, -0.1) is 0 Å². The van der Waals surface area contributed by atoms with Crippen molar-refractivity contribution in [2.75, 3.05) is 19.7 Å². The number of nitrogens with one attached hydrogen (secondary N) is 1. The number of nitrogens with zero attached hydrogens (tertiary/aromatic N) is 1. The summed E-state index contributed by atoms with van der Waals surface area (Å²) in [6.07, 6.45) is 0.855. The normalized spacial score (nSPS) is 17.9. The number of carboxylic acids is 1. The molecule has 4 rings (SSSR count). The number of likely N-dealkylation sites (tertiary alicyclic amines) is 1. The number of fused-ring (bicyclic) bond motifs is 3. The van der Waals surface area contributed by atoms with E-state index in [-0.39, 0.29) is 36.7 Å². The minimum absolute atomic E-state index is 0.0417. The van der Waals surface area contributed by atoms with E-state index in [2.05, 4.69) is 29.6 Å². The zero-order chi connectivity index (χ0) is 24.2. The summed E-state index contributed by atoms with van der Waals surface area (Å²) >= 11 is 0. The Morgan fingerprint density at radius 1 is 1.06 bits per heavy atom. The molecule has 7 nitrogen and oxygen atoms in total. The second-order valence-corrected chi connectivity index (χ2v) is 9.56. The molecule has 2 aliphatic rings. The second-order valence-electron chi connectivity index (χ2n) is 9.56. The third-order valence-corrected chi connectivity index (χ3v) is 6.91. The summed E-state index contributed by atoms with van der Waals surface area (Å²) in [5.74, 6) is -0.920. The first-order valence-corrected chi connectivity index (χ1v) is 12.0. The van der Waals surface area contributed by atoms with Crippen LogP contribution in [0.1, 0.15) is 50.2 Å². The van der Waals surface area contributed by atoms with Crippen LogP contribution in [-0.4, -0.2) is 53.7 Å². The van der Waals surface area contributed by atoms with E-state index in [1.54, 1.807) is 4.90 Å². The molecular formula is C27H32N2O5. The van der Waals surface area contributed by atoms with E-state index in [1.165, 1.54) is 0 Å². The summed E-state index contributed by atoms with van der Waals surface area (Å²) in [6.45, 7) is 5.09. The number of benzene rings is 2. The Bertz CT molecular complexity index is 1020. The molecule has 0 saturated carbocycles. The quantitative estimate of drug-likeness (QED) is 0.609. The zero-order valence-electron chi connectivity index (χ0n) is 19.7. The minimum Gasteiger partial charge on any atom is -0.481 e. The fourth-order valence-corrected chi connectivity index (χ4v) is 5.07. The van der Waals surface area contributed by atoms with Gasteiger partial charge in [0.15, 0.2) is 0 Å². The molecule has 1 aliphatic heterocycles. The summed E-state index contributed by atoms with van der Waals surface area (Å²) in [6, 6.07) is 15.6. The highest BCUT2D eigenvalue weighted by Gasteiger charge is 2.34. The van der Waals surface area contributed by atoms with Gasteiger partial charge in [-0.1, -0.05) is 62.4 Å². The van der Waals surface area contributed by atoms with Crippen molar-refractivity contribution in [1.82, 2.24) is 10.2 Å². The molecule has 1 fully saturated rings. The molecule has 2 N–H and O–H groups in total. The highest BCUT2D eigenvalue weighted by Crippen LogP contribution is 2.44. The molecule has 180 valence electrons. The highest BCUT2D eigenvalue weighted by atomic mass is 16.5. The lowest BCUT2D eigenvalue weighted by molar-refractivity contribution is -0.137. The van der Waals surface area contributed by atoms with Crippen LogP contribution in [0.15, 0.2) is 48.5 Å². The van der Waals surface area contributed by atoms with Crippen molar-refractivity contribution in [3.8, 4) is 11.1 Å². The van der Waals surface area contributed by atoms with Gasteiger partial charge in [-0.25, -0.2) is 4.79 Å². The summed E-state index contributed by atoms with van der Waals surface area (Å²) in [7, 11) is 0. The van der Waals surface area contributed by atoms with E-state index < -0.39 is 18.1 Å². The molecule has 2 aromatic carbocycles. The molecule has 0 aromatic heterocycles. The first-order valence-electron chi connectivity index (χ1n) is 12.0. The average molecular weight is 465 g/mol. The van der Waals surface area contributed by atoms with Crippen LogP contribution >= 0.6 is 0 Å². The minimum atomic E-state index is -0.818. The lowest BCUT2D eigenvalue weighted by Gasteiger charge is -2.27. The molecular weight excluding hydrogens is 432 g/mol. The van der Waals surface area contributed by atoms with Gasteiger partial charge < -0.3 is 20.1 Å². The maximum absolute atomic E-state index is 13.1. The van der Waals surface area contributed by atoms with Crippen LogP contribution in [0.3, 0.4) is 0 Å². The monoisotopic (exact) mass is 464 g/mol. The molecule has 0 radical (unpaired) electrons. The van der Waals surface area contributed by atoms with Gasteiger partial charge >= 0.3 is 12.1 Å². The molecule has 2 aromatic rings. The maximum Gasteiger partial charge on any atom is 0.407 e. The zero-order valence-corrected chi connectivity index (χ0v) is 19.7. The predicted octanol–water partition coefficient (Wildman–Crippen LogP) is 4.26. The van der Waals surface area contributed by atoms with Crippen molar-refractivity contribution >= 4 is 18.0 Å². The third kappa shape index (κ3) is 5.08. The number of amides is 2. The lowest BCUT2D eigenvalue weighted by Crippen LogP contribution is -2.51. The maximum atomic E-state index is 13.1. The SMILES string of the molecule is CC(C)[C@H](NC(=O)OCC1c2ccccc2-c2ccccc21)C(=O)N1CCC(CCC(=O)O)C1. The van der Waals surface area contributed by atoms with Gasteiger partial charge in [0.1, 0.15) is 12.6 Å². The Morgan fingerprint density at radius 3 is 2.26 bits per heavy atom. The number of aliphatic carboxylic acids is 1. The van der Waals surface area contributed by atoms with Gasteiger partial charge in [-0.3, -0.25) is 9.59 Å². The van der Waals surface area contributed by atoms with Gasteiger partial charge in [0.25, 0.3) is 0 Å². The Morgan fingerprint density at radius 2 is 1.68 bits per heavy atom. The van der Waals surface area contributed by atoms with Crippen molar-refractivity contribution in [2.24, 2.45) is 11.8 Å². The lowest BCUT2D eigenvalue weighted by atomic mass is 9.98. The fraction of sp³-hybridized carbons (Fsp3) is 0.444. The molecule has 1 saturated heterocycles. The molecule has 2 atom stereocenters. The Balaban J connectivity index is 1.36. The van der Waals surface area contributed by atoms with E-state index in [1.807, 2.05) is 38.1 Å². The predicted molar refractivity (Wildman–Crippen MR) is 128 cm³/mol. The number of alkyl carbamates (subject to hydrolysis) is 1. The fourth-order valence-electron chi connectivity index (χ4n) is 5.07. The third-order valence-electron chi connectivity index (χ3n) is 6.91. The molecule has 7 heteroatoms. The average Bonchev–Trinajstić information content (AvgIpc) is 3.42. The van der Waals surface area contributed by atoms with E-state index in [0.29, 0.717) is 19.5 Å². The molecule has 2 amide bonds. The van der Waals surface area contributed by atoms with Crippen LogP contribution in [0.2, 0.25) is 0 Å². The Kier molecular flexibility index (Phi) is 7.20. The van der Waals surface area contributed by atoms with Crippen LogP contribution < -0.4 is 5.32 Å². The molecule has 0 bridgehead atoms. The smallest absolute Gasteiger partial charge is 0.407 e. The van der Waals surface area contributed by atoms with E-state index in [0.717, 1.165) is 28.7 Å². The summed E-state index contributed by atoms with van der Waals surface area (Å²) in [4.78, 5) is 38.4. The second kappa shape index (κ2) is 10.3. The summed E-state index contributed by atoms with van der Waals surface area (Å²) in [5.41, 5.74) is 4.59. The summed E-state index contributed by atoms with van der Waals surface area (Å²) in [5, 5.41) is 11.7. The number of carbonyl (C=O) groups excluding carboxylic acids is 2. The van der Waals surface area contributed by atoms with Gasteiger partial charge in [0, 0.05) is 25.4 Å². The molecule has 1 heterocycles. The van der Waals surface area contributed by atoms with Crippen LogP contribution in [0.25, 0.3) is 11.1 Å². The largest absolute Gasteiger partial charge is 0.481 e. The van der Waals surface area contributed by atoms with Crippen molar-refractivity contribution in [2.45, 2.75) is 45.1 Å². The number of carbonyl (C=O) groups is 3. The van der Waals surface area contributed by atoms with E-state index >= 15 is 0 Å². The first-order chi connectivity index (χ1) is 16.3. The van der Waals surface area contributed by atoms with Crippen LogP contribution in [0.4, 0.5) is 4.79 Å². The number of carboxylic acid groups (broad SMARTS) is 1. The number of ether oxygens (including phenoxy) is 1. The number of rotatable bonds is 8. The van der Waals surface area contributed by atoms with Gasteiger partial charge in [0.2, 0.25) is 5.91 Å². The Hall–Kier alpha value is -3.35. The van der Waals surface area contributed by atoms with Gasteiger partial charge in [-0.2, -0.15) is 0 Å². The van der Waals surface area contributed by atoms with Crippen LogP contribution in [-0.2, 0) is 14.3 Å². The van der Waals surface area contributed by atoms with E-state index in [9.17, 15) is 14.4 Å². The van der Waals surface area contributed by atoms with Crippen molar-refractivity contribution in [1.29, 1.82) is 0 Å². The number of hydrogen-bond acceptors (Lipinski definition) is 4. The number of hydrogen-bond donors (Lipinski definition) is 2. The first kappa shape index (κ1) is 23.8. The van der Waals surface area contributed by atoms with Gasteiger partial charge in [-0.05, 0) is 46.9 Å². The topological polar surface area (TPSA) is 95.9 Å². The van der Waals surface area contributed by atoms with Crippen molar-refractivity contribution < 1.29 is 24.2 Å². The Labute approximate surface area is 200 Å². The molecule has 1 unspecified atom stereocenters. The van der Waals surface area contributed by atoms with Crippen LogP contribution in [0, 0.1) is 11.8 Å². The molecule has 1 aliphatic carbocycles. The summed E-state index contributed by atoms with van der Waals surface area (Å²) < 4.78 is 5.63. The van der Waals surface area contributed by atoms with Gasteiger partial charge in [0.05, 0.1) is 0 Å². The van der Waals surface area contributed by atoms with Crippen molar-refractivity contribution in [3.63, 3.8) is 0 Å². The van der Waals surface area contributed by atoms with Crippen LogP contribution in [0.5, 0.6) is 0 Å². The standard InChI is InChI=1S/C27H32N2O5/c1-17(2)25(26(32)29-14-13-18(15-29)11-12-24(30)31)28-27(33)34-16-23-21-9-5-3-7-19(21)20-8-4-6-10-22(20)23/h3-10,17-18,23,25H,11-16H2,1-2H3,(H,28,33)(H,30,31)/t18?,25-/m0/s1. The van der Waals surface area contributed by atoms with Crippen molar-refractivity contribution in [3.05, 3.63) is 59.7 Å². The molecule has 0 spiro atoms. The highest BCUT2D eigenvalue weighted by molar-refractivity contribution is 5.86. The molecule has 34 heavy (non-hydrogen) atoms.